The van der Waals surface area contributed by atoms with Gasteiger partial charge >= 0.3 is 0 Å². The lowest BCUT2D eigenvalue weighted by molar-refractivity contribution is -0.127. The first-order chi connectivity index (χ1) is 13.1. The van der Waals surface area contributed by atoms with Gasteiger partial charge in [0, 0.05) is 24.9 Å². The van der Waals surface area contributed by atoms with Crippen LogP contribution in [0.4, 0.5) is 0 Å². The highest BCUT2D eigenvalue weighted by Crippen LogP contribution is 2.26. The number of nitrogens with zero attached hydrogens (tertiary/aromatic N) is 3. The molecule has 1 aliphatic heterocycles. The van der Waals surface area contributed by atoms with Crippen LogP contribution in [0.3, 0.4) is 0 Å². The fourth-order valence-corrected chi connectivity index (χ4v) is 3.89. The Labute approximate surface area is 160 Å². The van der Waals surface area contributed by atoms with Crippen LogP contribution in [-0.4, -0.2) is 33.7 Å². The first kappa shape index (κ1) is 18.3. The Hall–Kier alpha value is -2.08. The highest BCUT2D eigenvalue weighted by Gasteiger charge is 2.25. The molecule has 0 bridgehead atoms. The zero-order valence-corrected chi connectivity index (χ0v) is 16.4. The van der Waals surface area contributed by atoms with Crippen molar-refractivity contribution >= 4 is 5.91 Å². The number of aryl methyl sites for hydroxylation is 1. The highest BCUT2D eigenvalue weighted by molar-refractivity contribution is 5.79. The van der Waals surface area contributed by atoms with Crippen molar-refractivity contribution in [3.05, 3.63) is 41.1 Å². The summed E-state index contributed by atoms with van der Waals surface area (Å²) < 4.78 is 7.85. The molecule has 1 amide bonds. The quantitative estimate of drug-likeness (QED) is 0.813. The molecule has 1 aliphatic carbocycles. The number of rotatable bonds is 7. The van der Waals surface area contributed by atoms with Crippen LogP contribution < -0.4 is 5.32 Å². The molecule has 6 heteroatoms. The number of aromatic nitrogens is 2. The van der Waals surface area contributed by atoms with Crippen LogP contribution in [0.1, 0.15) is 61.4 Å². The number of furan rings is 1. The van der Waals surface area contributed by atoms with Crippen LogP contribution in [0.2, 0.25) is 0 Å². The first-order valence-electron chi connectivity index (χ1n) is 10.2. The van der Waals surface area contributed by atoms with E-state index in [1.165, 1.54) is 12.1 Å². The van der Waals surface area contributed by atoms with Crippen molar-refractivity contribution in [1.29, 1.82) is 0 Å². The van der Waals surface area contributed by atoms with Gasteiger partial charge < -0.3 is 9.73 Å². The number of fused-ring (bicyclic) bond motifs is 1. The molecular weight excluding hydrogens is 340 g/mol. The van der Waals surface area contributed by atoms with Gasteiger partial charge in [0.05, 0.1) is 24.5 Å². The fraction of sp³-hybridized carbons (Fsp3) is 0.619. The smallest absolute Gasteiger partial charge is 0.223 e. The van der Waals surface area contributed by atoms with Gasteiger partial charge in [0.25, 0.3) is 0 Å². The summed E-state index contributed by atoms with van der Waals surface area (Å²) in [6.45, 7) is 8.69. The highest BCUT2D eigenvalue weighted by atomic mass is 16.3. The van der Waals surface area contributed by atoms with Crippen LogP contribution in [0.25, 0.3) is 0 Å². The van der Waals surface area contributed by atoms with Gasteiger partial charge in [-0.05, 0) is 50.9 Å². The minimum atomic E-state index is 0.191. The SMILES string of the molecule is Cc1ccc(C(C)CCN2CCn3nc(CNC(=O)C4CCC4)cc3C2)o1. The third-order valence-corrected chi connectivity index (χ3v) is 5.97. The summed E-state index contributed by atoms with van der Waals surface area (Å²) in [5.74, 6) is 2.92. The second-order valence-electron chi connectivity index (χ2n) is 8.11. The number of nitrogens with one attached hydrogen (secondary N) is 1. The van der Waals surface area contributed by atoms with Crippen LogP contribution in [0, 0.1) is 12.8 Å². The van der Waals surface area contributed by atoms with E-state index in [0.717, 1.165) is 62.7 Å². The van der Waals surface area contributed by atoms with Gasteiger partial charge in [0.15, 0.2) is 0 Å². The zero-order chi connectivity index (χ0) is 18.8. The largest absolute Gasteiger partial charge is 0.466 e. The van der Waals surface area contributed by atoms with Crippen LogP contribution in [0.5, 0.6) is 0 Å². The van der Waals surface area contributed by atoms with Crippen molar-refractivity contribution in [2.75, 3.05) is 13.1 Å². The van der Waals surface area contributed by atoms with Gasteiger partial charge in [-0.25, -0.2) is 0 Å². The predicted molar refractivity (Wildman–Crippen MR) is 103 cm³/mol. The fourth-order valence-electron chi connectivity index (χ4n) is 3.89. The molecule has 6 nitrogen and oxygen atoms in total. The Morgan fingerprint density at radius 3 is 2.93 bits per heavy atom. The maximum absolute atomic E-state index is 12.0. The van der Waals surface area contributed by atoms with E-state index in [9.17, 15) is 4.79 Å². The van der Waals surface area contributed by atoms with Crippen LogP contribution >= 0.6 is 0 Å². The molecule has 146 valence electrons. The first-order valence-corrected chi connectivity index (χ1v) is 10.2. The lowest BCUT2D eigenvalue weighted by Crippen LogP contribution is -2.35. The number of hydrogen-bond donors (Lipinski definition) is 1. The van der Waals surface area contributed by atoms with E-state index in [-0.39, 0.29) is 11.8 Å². The third-order valence-electron chi connectivity index (χ3n) is 5.97. The average molecular weight is 370 g/mol. The summed E-state index contributed by atoms with van der Waals surface area (Å²) in [5, 5.41) is 7.71. The molecule has 0 aromatic carbocycles. The number of carbonyl (C=O) groups is 1. The molecule has 2 aromatic rings. The summed E-state index contributed by atoms with van der Waals surface area (Å²) in [4.78, 5) is 14.5. The van der Waals surface area contributed by atoms with Gasteiger partial charge in [0.2, 0.25) is 5.91 Å². The Morgan fingerprint density at radius 1 is 1.37 bits per heavy atom. The zero-order valence-electron chi connectivity index (χ0n) is 16.4. The topological polar surface area (TPSA) is 63.3 Å². The summed E-state index contributed by atoms with van der Waals surface area (Å²) in [5.41, 5.74) is 2.22. The van der Waals surface area contributed by atoms with Crippen molar-refractivity contribution in [2.45, 2.75) is 65.1 Å². The van der Waals surface area contributed by atoms with Gasteiger partial charge in [-0.3, -0.25) is 14.4 Å². The van der Waals surface area contributed by atoms with Gasteiger partial charge in [-0.2, -0.15) is 5.10 Å². The predicted octanol–water partition coefficient (Wildman–Crippen LogP) is 3.21. The number of hydrogen-bond acceptors (Lipinski definition) is 4. The molecule has 1 atom stereocenters. The van der Waals surface area contributed by atoms with Gasteiger partial charge in [-0.15, -0.1) is 0 Å². The monoisotopic (exact) mass is 370 g/mol. The minimum absolute atomic E-state index is 0.191. The molecule has 3 heterocycles. The maximum Gasteiger partial charge on any atom is 0.223 e. The Kier molecular flexibility index (Phi) is 5.34. The standard InChI is InChI=1S/C21H30N4O2/c1-15(20-7-6-16(2)27-20)8-9-24-10-11-25-19(14-24)12-18(23-25)13-22-21(26)17-4-3-5-17/h6-7,12,15,17H,3-5,8-11,13-14H2,1-2H3,(H,22,26). The second kappa shape index (κ2) is 7.89. The summed E-state index contributed by atoms with van der Waals surface area (Å²) in [6, 6.07) is 6.28. The van der Waals surface area contributed by atoms with Crippen molar-refractivity contribution in [2.24, 2.45) is 5.92 Å². The van der Waals surface area contributed by atoms with Gasteiger partial charge in [-0.1, -0.05) is 13.3 Å². The molecule has 0 spiro atoms. The number of amides is 1. The summed E-state index contributed by atoms with van der Waals surface area (Å²) >= 11 is 0. The lowest BCUT2D eigenvalue weighted by atomic mass is 9.85. The van der Waals surface area contributed by atoms with E-state index in [0.29, 0.717) is 12.5 Å². The summed E-state index contributed by atoms with van der Waals surface area (Å²) in [6.07, 6.45) is 4.35. The normalized spacial score (nSPS) is 18.7. The van der Waals surface area contributed by atoms with Crippen molar-refractivity contribution in [3.8, 4) is 0 Å². The second-order valence-corrected chi connectivity index (χ2v) is 8.11. The van der Waals surface area contributed by atoms with Crippen molar-refractivity contribution in [1.82, 2.24) is 20.0 Å². The van der Waals surface area contributed by atoms with E-state index in [1.807, 2.05) is 13.0 Å². The molecule has 0 saturated heterocycles. The molecule has 1 fully saturated rings. The molecule has 1 saturated carbocycles. The molecule has 27 heavy (non-hydrogen) atoms. The van der Waals surface area contributed by atoms with Crippen LogP contribution in [0.15, 0.2) is 22.6 Å². The molecule has 4 rings (SSSR count). The molecular formula is C21H30N4O2. The van der Waals surface area contributed by atoms with E-state index in [1.54, 1.807) is 0 Å². The van der Waals surface area contributed by atoms with Crippen molar-refractivity contribution in [3.63, 3.8) is 0 Å². The Bertz CT molecular complexity index is 790. The molecule has 1 N–H and O–H groups in total. The Morgan fingerprint density at radius 2 is 2.22 bits per heavy atom. The Balaban J connectivity index is 1.26. The van der Waals surface area contributed by atoms with E-state index in [2.05, 4.69) is 39.1 Å². The van der Waals surface area contributed by atoms with E-state index in [4.69, 9.17) is 4.42 Å². The minimum Gasteiger partial charge on any atom is -0.466 e. The van der Waals surface area contributed by atoms with Crippen LogP contribution in [-0.2, 0) is 24.4 Å². The van der Waals surface area contributed by atoms with Crippen molar-refractivity contribution < 1.29 is 9.21 Å². The lowest BCUT2D eigenvalue weighted by Gasteiger charge is -2.28. The number of carbonyl (C=O) groups excluding carboxylic acids is 1. The van der Waals surface area contributed by atoms with E-state index < -0.39 is 0 Å². The summed E-state index contributed by atoms with van der Waals surface area (Å²) in [7, 11) is 0. The average Bonchev–Trinajstić information content (AvgIpc) is 3.21. The molecule has 2 aliphatic rings. The maximum atomic E-state index is 12.0. The molecule has 2 aromatic heterocycles. The van der Waals surface area contributed by atoms with Gasteiger partial charge in [0.1, 0.15) is 11.5 Å². The third kappa shape index (κ3) is 4.26. The molecule has 0 radical (unpaired) electrons. The molecule has 1 unspecified atom stereocenters. The van der Waals surface area contributed by atoms with E-state index >= 15 is 0 Å².